The molecule has 11 atom stereocenters. The van der Waals surface area contributed by atoms with Gasteiger partial charge in [-0.2, -0.15) is 0 Å². The fraction of sp³-hybridized carbons (Fsp3) is 0.524. The first kappa shape index (κ1) is 31.1. The van der Waals surface area contributed by atoms with Gasteiger partial charge in [0, 0.05) is 0 Å². The van der Waals surface area contributed by atoms with Gasteiger partial charge >= 0.3 is 13.5 Å². The number of nitrogens with two attached hydrogens (primary N) is 2. The highest BCUT2D eigenvalue weighted by molar-refractivity contribution is 8.44. The molecule has 18 nitrogen and oxygen atoms in total. The van der Waals surface area contributed by atoms with Crippen LogP contribution < -0.4 is 11.5 Å². The van der Waals surface area contributed by atoms with Crippen LogP contribution in [0.2, 0.25) is 0 Å². The van der Waals surface area contributed by atoms with Gasteiger partial charge in [0.2, 0.25) is 0 Å². The molecule has 3 aliphatic rings. The zero-order chi connectivity index (χ0) is 31.8. The quantitative estimate of drug-likeness (QED) is 0.172. The number of alkyl halides is 2. The lowest BCUT2D eigenvalue weighted by molar-refractivity contribution is -0.0781. The number of fused-ring (bicyclic) bond motifs is 4. The van der Waals surface area contributed by atoms with Gasteiger partial charge in [0.25, 0.3) is 0 Å². The summed E-state index contributed by atoms with van der Waals surface area (Å²) in [5, 5.41) is 0. The molecule has 3 fully saturated rings. The van der Waals surface area contributed by atoms with Gasteiger partial charge in [-0.05, 0) is 18.7 Å². The van der Waals surface area contributed by atoms with Crippen LogP contribution in [0.5, 0.6) is 0 Å². The molecular formula is C21H24F2N10O8P2S2. The third-order valence-corrected chi connectivity index (χ3v) is 10.7. The summed E-state index contributed by atoms with van der Waals surface area (Å²) in [6, 6.07) is 0. The van der Waals surface area contributed by atoms with Crippen molar-refractivity contribution in [1.82, 2.24) is 39.0 Å². The van der Waals surface area contributed by atoms with Crippen LogP contribution in [-0.2, 0) is 43.9 Å². The number of thiol groups is 1. The van der Waals surface area contributed by atoms with Gasteiger partial charge in [-0.25, -0.2) is 43.2 Å². The standard InChI is InChI=1S/C21H24F2N10O8P2S2/c1-7-13-15(10(23)21(38-13)33-6-31-12-17(25)27-4-29-19(12)33)41-42(34,44)36-2-8-14(40-43(35,45)39-7)9(22)20(37-8)32-5-30-11-16(24)26-3-28-18(11)32/h3-10,13-15,20-21H,2H2,1H3,(H,34,44)(H,35,45)(H2,24,26,28)(H2,25,27,29)/t7-,8-,9-,10-,13-,14-,15+,20-,21-,42?,43?/m1/s1. The molecule has 0 aromatic carbocycles. The van der Waals surface area contributed by atoms with Crippen molar-refractivity contribution in [2.75, 3.05) is 18.1 Å². The molecule has 242 valence electrons. The maximum Gasteiger partial charge on any atom is 0.386 e. The summed E-state index contributed by atoms with van der Waals surface area (Å²) in [6.07, 6.45) is -9.31. The predicted molar refractivity (Wildman–Crippen MR) is 156 cm³/mol. The predicted octanol–water partition coefficient (Wildman–Crippen LogP) is 1.76. The molecule has 2 unspecified atom stereocenters. The van der Waals surface area contributed by atoms with Gasteiger partial charge in [0.15, 0.2) is 47.7 Å². The largest absolute Gasteiger partial charge is 0.386 e. The maximum absolute atomic E-state index is 16.1. The topological polar surface area (TPSA) is 232 Å². The van der Waals surface area contributed by atoms with E-state index in [1.165, 1.54) is 41.4 Å². The second-order valence-electron chi connectivity index (χ2n) is 10.3. The van der Waals surface area contributed by atoms with Gasteiger partial charge < -0.3 is 30.4 Å². The lowest BCUT2D eigenvalue weighted by Gasteiger charge is -2.32. The summed E-state index contributed by atoms with van der Waals surface area (Å²) in [5.41, 5.74) is 12.4. The number of anilines is 2. The lowest BCUT2D eigenvalue weighted by Crippen LogP contribution is -2.40. The summed E-state index contributed by atoms with van der Waals surface area (Å²) >= 11 is 9.26. The molecular weight excluding hydrogens is 684 g/mol. The third kappa shape index (κ3) is 5.50. The molecule has 45 heavy (non-hydrogen) atoms. The number of halogens is 2. The van der Waals surface area contributed by atoms with Crippen molar-refractivity contribution in [1.29, 1.82) is 0 Å². The van der Waals surface area contributed by atoms with Gasteiger partial charge in [0.05, 0.1) is 25.4 Å². The minimum Gasteiger partial charge on any atom is -0.382 e. The Morgan fingerprint density at radius 3 is 2.04 bits per heavy atom. The van der Waals surface area contributed by atoms with Crippen molar-refractivity contribution in [3.8, 4) is 0 Å². The van der Waals surface area contributed by atoms with E-state index in [1.807, 2.05) is 0 Å². The number of rotatable bonds is 2. The number of ether oxygens (including phenoxy) is 2. The van der Waals surface area contributed by atoms with Crippen molar-refractivity contribution < 1.29 is 45.8 Å². The molecule has 7 rings (SSSR count). The summed E-state index contributed by atoms with van der Waals surface area (Å²) < 4.78 is 82.3. The Labute approximate surface area is 261 Å². The van der Waals surface area contributed by atoms with Crippen LogP contribution in [0, 0.1) is 0 Å². The Balaban J connectivity index is 1.19. The molecule has 0 radical (unpaired) electrons. The molecule has 0 saturated carbocycles. The Bertz CT molecular complexity index is 1870. The first-order chi connectivity index (χ1) is 21.3. The number of hydrogen-bond donors (Lipinski definition) is 4. The second kappa shape index (κ2) is 11.3. The molecule has 5 N–H and O–H groups in total. The summed E-state index contributed by atoms with van der Waals surface area (Å²) in [5.74, 6) is 0.109. The highest BCUT2D eigenvalue weighted by atomic mass is 32.7. The smallest absolute Gasteiger partial charge is 0.382 e. The number of aromatic nitrogens is 8. The van der Waals surface area contributed by atoms with Crippen molar-refractivity contribution in [2.45, 2.75) is 62.2 Å². The second-order valence-corrected chi connectivity index (χ2v) is 15.9. The van der Waals surface area contributed by atoms with E-state index >= 15 is 8.78 Å². The number of hydrogen-bond acceptors (Lipinski definition) is 16. The zero-order valence-corrected chi connectivity index (χ0v) is 26.3. The molecule has 7 heterocycles. The number of nitrogens with zero attached hydrogens (tertiary/aromatic N) is 8. The highest BCUT2D eigenvalue weighted by Gasteiger charge is 2.55. The van der Waals surface area contributed by atoms with E-state index in [2.05, 4.69) is 42.2 Å². The zero-order valence-electron chi connectivity index (χ0n) is 22.8. The summed E-state index contributed by atoms with van der Waals surface area (Å²) in [6.45, 7) is -7.96. The Morgan fingerprint density at radius 2 is 1.44 bits per heavy atom. The van der Waals surface area contributed by atoms with Crippen LogP contribution in [0.15, 0.2) is 25.3 Å². The maximum atomic E-state index is 16.1. The normalized spacial score (nSPS) is 39.4. The van der Waals surface area contributed by atoms with Gasteiger partial charge in [-0.1, -0.05) is 12.2 Å². The fourth-order valence-corrected chi connectivity index (χ4v) is 8.78. The molecule has 0 bridgehead atoms. The highest BCUT2D eigenvalue weighted by Crippen LogP contribution is 2.59. The van der Waals surface area contributed by atoms with E-state index in [0.29, 0.717) is 0 Å². The van der Waals surface area contributed by atoms with E-state index in [-0.39, 0.29) is 34.0 Å². The van der Waals surface area contributed by atoms with E-state index in [9.17, 15) is 9.46 Å². The van der Waals surface area contributed by atoms with Gasteiger partial charge in [-0.3, -0.25) is 22.7 Å². The van der Waals surface area contributed by atoms with Crippen LogP contribution >= 0.6 is 25.8 Å². The minimum atomic E-state index is -4.40. The van der Waals surface area contributed by atoms with E-state index in [1.54, 1.807) is 0 Å². The number of imidazole rings is 2. The van der Waals surface area contributed by atoms with Crippen molar-refractivity contribution in [2.24, 2.45) is 0 Å². The van der Waals surface area contributed by atoms with E-state index < -0.39 is 75.4 Å². The molecule has 0 amide bonds. The average molecular weight is 709 g/mol. The molecule has 3 saturated heterocycles. The average Bonchev–Trinajstić information content (AvgIpc) is 3.73. The fourth-order valence-electron chi connectivity index (χ4n) is 5.46. The van der Waals surface area contributed by atoms with Crippen LogP contribution in [0.3, 0.4) is 0 Å². The van der Waals surface area contributed by atoms with Crippen molar-refractivity contribution >= 4 is 71.5 Å². The minimum absolute atomic E-state index is 0.0535. The van der Waals surface area contributed by atoms with Crippen LogP contribution in [0.25, 0.3) is 22.3 Å². The molecule has 4 aromatic rings. The Hall–Kier alpha value is -2.49. The SMILES string of the molecule is C[C@H]1OP(O)(=S)O[C@H]2[C@@H](F)[C@H](n3cnc4c(N)ncnc43)O[C@@H]2COP(=O)(S)O[C@H]2[C@@H](F)[C@H](n3cnc4c(N)ncnc43)O[C@@H]21. The van der Waals surface area contributed by atoms with Crippen LogP contribution in [-0.4, -0.2) is 93.4 Å². The van der Waals surface area contributed by atoms with E-state index in [4.69, 9.17) is 50.8 Å². The molecule has 0 aliphatic carbocycles. The molecule has 3 aliphatic heterocycles. The van der Waals surface area contributed by atoms with E-state index in [0.717, 1.165) is 0 Å². The molecule has 0 spiro atoms. The third-order valence-electron chi connectivity index (χ3n) is 7.47. The lowest BCUT2D eigenvalue weighted by atomic mass is 10.1. The first-order valence-corrected chi connectivity index (χ1v) is 18.4. The van der Waals surface area contributed by atoms with Crippen molar-refractivity contribution in [3.05, 3.63) is 25.3 Å². The van der Waals surface area contributed by atoms with Gasteiger partial charge in [-0.15, -0.1) is 0 Å². The first-order valence-electron chi connectivity index (χ1n) is 13.1. The molecule has 4 aromatic heterocycles. The van der Waals surface area contributed by atoms with Gasteiger partial charge in [0.1, 0.15) is 48.1 Å². The van der Waals surface area contributed by atoms with Crippen molar-refractivity contribution in [3.63, 3.8) is 0 Å². The summed E-state index contributed by atoms with van der Waals surface area (Å²) in [7, 11) is 0. The molecule has 24 heteroatoms. The van der Waals surface area contributed by atoms with Crippen LogP contribution in [0.1, 0.15) is 19.4 Å². The Morgan fingerprint density at radius 1 is 0.889 bits per heavy atom. The summed E-state index contributed by atoms with van der Waals surface area (Å²) in [4.78, 5) is 35.2. The van der Waals surface area contributed by atoms with Crippen LogP contribution in [0.4, 0.5) is 20.4 Å². The Kier molecular flexibility index (Phi) is 7.84. The monoisotopic (exact) mass is 708 g/mol. The number of nitrogen functional groups attached to an aromatic ring is 2.